The Morgan fingerprint density at radius 2 is 2.29 bits per heavy atom. The van der Waals surface area contributed by atoms with Crippen molar-refractivity contribution in [2.75, 3.05) is 0 Å². The van der Waals surface area contributed by atoms with Crippen LogP contribution >= 0.6 is 11.6 Å². The fraction of sp³-hybridized carbons (Fsp3) is 0.300. The summed E-state index contributed by atoms with van der Waals surface area (Å²) in [6, 6.07) is 5.22. The first-order valence-electron chi connectivity index (χ1n) is 4.51. The normalized spacial score (nSPS) is 11.0. The average molecular weight is 212 g/mol. The monoisotopic (exact) mass is 211 g/mol. The predicted molar refractivity (Wildman–Crippen MR) is 55.8 cm³/mol. The number of halogens is 1. The molecule has 0 spiro atoms. The van der Waals surface area contributed by atoms with Gasteiger partial charge in [-0.05, 0) is 18.6 Å². The second kappa shape index (κ2) is 3.50. The van der Waals surface area contributed by atoms with Crippen LogP contribution in [0.25, 0.3) is 11.1 Å². The molecule has 0 atom stereocenters. The lowest BCUT2D eigenvalue weighted by Crippen LogP contribution is -2.13. The van der Waals surface area contributed by atoms with Crippen LogP contribution in [0.4, 0.5) is 0 Å². The minimum Gasteiger partial charge on any atom is -0.408 e. The van der Waals surface area contributed by atoms with Crippen LogP contribution in [0.15, 0.2) is 27.4 Å². The highest BCUT2D eigenvalue weighted by molar-refractivity contribution is 6.31. The molecule has 0 saturated heterocycles. The Kier molecular flexibility index (Phi) is 2.33. The summed E-state index contributed by atoms with van der Waals surface area (Å²) in [5.74, 6) is -0.316. The topological polar surface area (TPSA) is 35.1 Å². The summed E-state index contributed by atoms with van der Waals surface area (Å²) < 4.78 is 6.67. The summed E-state index contributed by atoms with van der Waals surface area (Å²) in [5.41, 5.74) is 1.36. The summed E-state index contributed by atoms with van der Waals surface area (Å²) >= 11 is 5.79. The van der Waals surface area contributed by atoms with E-state index in [1.165, 1.54) is 0 Å². The average Bonchev–Trinajstić information content (AvgIpc) is 2.43. The van der Waals surface area contributed by atoms with Gasteiger partial charge >= 0.3 is 5.76 Å². The molecule has 0 amide bonds. The summed E-state index contributed by atoms with van der Waals surface area (Å²) in [7, 11) is 0. The lowest BCUT2D eigenvalue weighted by atomic mass is 10.3. The lowest BCUT2D eigenvalue weighted by Gasteiger charge is -1.97. The van der Waals surface area contributed by atoms with Gasteiger partial charge in [0.25, 0.3) is 0 Å². The highest BCUT2D eigenvalue weighted by Crippen LogP contribution is 2.18. The molecule has 3 nitrogen and oxygen atoms in total. The molecule has 74 valence electrons. The molecular formula is C10H10ClNO2. The summed E-state index contributed by atoms with van der Waals surface area (Å²) in [6.45, 7) is 2.69. The van der Waals surface area contributed by atoms with Crippen molar-refractivity contribution in [1.82, 2.24) is 4.57 Å². The molecule has 4 heteroatoms. The number of aromatic nitrogens is 1. The van der Waals surface area contributed by atoms with Crippen LogP contribution in [-0.4, -0.2) is 4.57 Å². The first-order chi connectivity index (χ1) is 6.72. The zero-order valence-electron chi connectivity index (χ0n) is 7.79. The second-order valence-electron chi connectivity index (χ2n) is 3.13. The van der Waals surface area contributed by atoms with Crippen molar-refractivity contribution in [3.63, 3.8) is 0 Å². The van der Waals surface area contributed by atoms with Crippen LogP contribution < -0.4 is 5.76 Å². The smallest absolute Gasteiger partial charge is 0.408 e. The molecule has 2 rings (SSSR count). The number of benzene rings is 1. The predicted octanol–water partition coefficient (Wildman–Crippen LogP) is 2.66. The minimum atomic E-state index is -0.316. The van der Waals surface area contributed by atoms with Crippen LogP contribution in [0.3, 0.4) is 0 Å². The number of nitrogens with zero attached hydrogens (tertiary/aromatic N) is 1. The Morgan fingerprint density at radius 1 is 1.50 bits per heavy atom. The number of oxazole rings is 1. The molecule has 0 aliphatic heterocycles. The van der Waals surface area contributed by atoms with Crippen LogP contribution in [0.1, 0.15) is 13.3 Å². The first kappa shape index (κ1) is 9.34. The summed E-state index contributed by atoms with van der Waals surface area (Å²) in [6.07, 6.45) is 0.900. The zero-order valence-corrected chi connectivity index (χ0v) is 8.54. The van der Waals surface area contributed by atoms with Crippen molar-refractivity contribution in [2.24, 2.45) is 0 Å². The van der Waals surface area contributed by atoms with E-state index >= 15 is 0 Å². The molecule has 0 fully saturated rings. The number of hydrogen-bond donors (Lipinski definition) is 0. The number of fused-ring (bicyclic) bond motifs is 1. The highest BCUT2D eigenvalue weighted by Gasteiger charge is 2.07. The maximum atomic E-state index is 11.4. The molecule has 0 radical (unpaired) electrons. The molecule has 1 aromatic heterocycles. The van der Waals surface area contributed by atoms with Crippen LogP contribution in [0.2, 0.25) is 5.02 Å². The van der Waals surface area contributed by atoms with Gasteiger partial charge in [-0.15, -0.1) is 0 Å². The highest BCUT2D eigenvalue weighted by atomic mass is 35.5. The molecule has 0 N–H and O–H groups in total. The van der Waals surface area contributed by atoms with Gasteiger partial charge in [0.05, 0.1) is 5.52 Å². The van der Waals surface area contributed by atoms with Gasteiger partial charge in [0.2, 0.25) is 0 Å². The minimum absolute atomic E-state index is 0.316. The molecule has 0 bridgehead atoms. The molecule has 2 aromatic rings. The number of aryl methyl sites for hydroxylation is 1. The van der Waals surface area contributed by atoms with E-state index in [1.54, 1.807) is 22.8 Å². The number of rotatable bonds is 2. The fourth-order valence-electron chi connectivity index (χ4n) is 1.48. The van der Waals surface area contributed by atoms with Gasteiger partial charge in [0.15, 0.2) is 5.58 Å². The van der Waals surface area contributed by atoms with Crippen molar-refractivity contribution in [3.05, 3.63) is 33.8 Å². The third-order valence-corrected chi connectivity index (χ3v) is 2.31. The van der Waals surface area contributed by atoms with Gasteiger partial charge in [-0.1, -0.05) is 18.5 Å². The van der Waals surface area contributed by atoms with E-state index in [4.69, 9.17) is 16.0 Å². The second-order valence-corrected chi connectivity index (χ2v) is 3.57. The summed E-state index contributed by atoms with van der Waals surface area (Å²) in [4.78, 5) is 11.4. The Morgan fingerprint density at radius 3 is 3.00 bits per heavy atom. The first-order valence-corrected chi connectivity index (χ1v) is 4.89. The molecular weight excluding hydrogens is 202 g/mol. The van der Waals surface area contributed by atoms with Crippen molar-refractivity contribution in [1.29, 1.82) is 0 Å². The Bertz CT molecular complexity index is 512. The van der Waals surface area contributed by atoms with E-state index in [2.05, 4.69) is 0 Å². The third kappa shape index (κ3) is 1.44. The molecule has 1 heterocycles. The van der Waals surface area contributed by atoms with E-state index in [-0.39, 0.29) is 5.76 Å². The Hall–Kier alpha value is -1.22. The van der Waals surface area contributed by atoms with Crippen molar-refractivity contribution >= 4 is 22.7 Å². The van der Waals surface area contributed by atoms with Gasteiger partial charge in [-0.25, -0.2) is 4.79 Å². The third-order valence-electron chi connectivity index (χ3n) is 2.08. The molecule has 0 aliphatic rings. The standard InChI is InChI=1S/C10H10ClNO2/c1-2-5-12-8-4-3-7(11)6-9(8)14-10(12)13/h3-4,6H,2,5H2,1H3. The fourth-order valence-corrected chi connectivity index (χ4v) is 1.64. The van der Waals surface area contributed by atoms with E-state index in [9.17, 15) is 4.79 Å². The molecule has 0 unspecified atom stereocenters. The number of hydrogen-bond acceptors (Lipinski definition) is 2. The Labute approximate surface area is 85.9 Å². The van der Waals surface area contributed by atoms with Crippen LogP contribution in [-0.2, 0) is 6.54 Å². The largest absolute Gasteiger partial charge is 0.419 e. The van der Waals surface area contributed by atoms with E-state index in [1.807, 2.05) is 6.92 Å². The zero-order chi connectivity index (χ0) is 10.1. The van der Waals surface area contributed by atoms with Gasteiger partial charge in [0.1, 0.15) is 0 Å². The van der Waals surface area contributed by atoms with E-state index in [0.717, 1.165) is 11.9 Å². The van der Waals surface area contributed by atoms with Crippen LogP contribution in [0, 0.1) is 0 Å². The van der Waals surface area contributed by atoms with Crippen molar-refractivity contribution in [2.45, 2.75) is 19.9 Å². The molecule has 1 aromatic carbocycles. The van der Waals surface area contributed by atoms with Gasteiger partial charge in [-0.2, -0.15) is 0 Å². The molecule has 14 heavy (non-hydrogen) atoms. The van der Waals surface area contributed by atoms with Crippen LogP contribution in [0.5, 0.6) is 0 Å². The Balaban J connectivity index is 2.71. The van der Waals surface area contributed by atoms with E-state index < -0.39 is 0 Å². The molecule has 0 aliphatic carbocycles. The maximum Gasteiger partial charge on any atom is 0.419 e. The van der Waals surface area contributed by atoms with Gasteiger partial charge in [-0.3, -0.25) is 4.57 Å². The SMILES string of the molecule is CCCn1c(=O)oc2cc(Cl)ccc21. The van der Waals surface area contributed by atoms with Gasteiger partial charge < -0.3 is 4.42 Å². The van der Waals surface area contributed by atoms with Gasteiger partial charge in [0, 0.05) is 17.6 Å². The maximum absolute atomic E-state index is 11.4. The molecule has 0 saturated carbocycles. The van der Waals surface area contributed by atoms with Crippen molar-refractivity contribution in [3.8, 4) is 0 Å². The van der Waals surface area contributed by atoms with Crippen molar-refractivity contribution < 1.29 is 4.42 Å². The lowest BCUT2D eigenvalue weighted by molar-refractivity contribution is 0.502. The summed E-state index contributed by atoms with van der Waals surface area (Å²) in [5, 5.41) is 0.579. The quantitative estimate of drug-likeness (QED) is 0.766. The van der Waals surface area contributed by atoms with E-state index in [0.29, 0.717) is 17.2 Å².